The van der Waals surface area contributed by atoms with Crippen LogP contribution in [0.2, 0.25) is 0 Å². The predicted octanol–water partition coefficient (Wildman–Crippen LogP) is 2.05. The summed E-state index contributed by atoms with van der Waals surface area (Å²) in [4.78, 5) is 0. The third-order valence-electron chi connectivity index (χ3n) is 1.72. The van der Waals surface area contributed by atoms with Crippen molar-refractivity contribution in [3.8, 4) is 0 Å². The van der Waals surface area contributed by atoms with E-state index in [1.807, 2.05) is 0 Å². The van der Waals surface area contributed by atoms with Crippen molar-refractivity contribution in [3.63, 3.8) is 0 Å². The third kappa shape index (κ3) is 1.91. The minimum atomic E-state index is 0.150. The normalized spacial score (nSPS) is 18.9. The fourth-order valence-electron chi connectivity index (χ4n) is 1.08. The number of hydrogen-bond donors (Lipinski definition) is 0. The Balaban J connectivity index is 2.73. The van der Waals surface area contributed by atoms with Gasteiger partial charge in [0.15, 0.2) is 0 Å². The molecule has 10 heavy (non-hydrogen) atoms. The first-order valence-electron chi connectivity index (χ1n) is 3.73. The maximum atomic E-state index is 3.67. The first-order chi connectivity index (χ1) is 4.61. The first kappa shape index (κ1) is 7.93. The standard InChI is InChI=1S/C9H14S/c1-9(2,10)8-6-4-3-5-7-8/h4,6-7,10H,3,5H2,1-2H3/p+1. The average Bonchev–Trinajstić information content (AvgIpc) is 1.88. The molecule has 0 saturated carbocycles. The maximum absolute atomic E-state index is 3.67. The lowest BCUT2D eigenvalue weighted by atomic mass is 9.96. The van der Waals surface area contributed by atoms with Crippen molar-refractivity contribution < 1.29 is 0 Å². The SMILES string of the molecule is CC(C)([SH2+])C1=CCCC=C1. The highest BCUT2D eigenvalue weighted by Crippen LogP contribution is 2.22. The number of hydrogen-bond acceptors (Lipinski definition) is 0. The Labute approximate surface area is 68.4 Å². The highest BCUT2D eigenvalue weighted by molar-refractivity contribution is 7.60. The summed E-state index contributed by atoms with van der Waals surface area (Å²) in [5.41, 5.74) is 1.40. The van der Waals surface area contributed by atoms with E-state index in [-0.39, 0.29) is 4.75 Å². The summed E-state index contributed by atoms with van der Waals surface area (Å²) < 4.78 is 0.150. The van der Waals surface area contributed by atoms with Crippen LogP contribution in [0.25, 0.3) is 0 Å². The molecule has 56 valence electrons. The zero-order chi connectivity index (χ0) is 7.61. The summed E-state index contributed by atoms with van der Waals surface area (Å²) in [6, 6.07) is 0. The Bertz CT molecular complexity index is 170. The zero-order valence-corrected chi connectivity index (χ0v) is 7.65. The smallest absolute Gasteiger partial charge is 0.0838 e. The molecule has 1 aliphatic rings. The fourth-order valence-corrected chi connectivity index (χ4v) is 1.26. The quantitative estimate of drug-likeness (QED) is 0.508. The Morgan fingerprint density at radius 1 is 1.40 bits per heavy atom. The lowest BCUT2D eigenvalue weighted by Crippen LogP contribution is -2.18. The summed E-state index contributed by atoms with van der Waals surface area (Å²) in [5.74, 6) is 0. The molecule has 0 heterocycles. The van der Waals surface area contributed by atoms with Crippen LogP contribution in [0, 0.1) is 0 Å². The van der Waals surface area contributed by atoms with Gasteiger partial charge in [-0.1, -0.05) is 18.2 Å². The molecule has 0 aromatic heterocycles. The molecular weight excluding hydrogens is 140 g/mol. The van der Waals surface area contributed by atoms with Crippen molar-refractivity contribution >= 4 is 12.6 Å². The van der Waals surface area contributed by atoms with Gasteiger partial charge < -0.3 is 0 Å². The molecule has 1 aliphatic carbocycles. The molecule has 1 rings (SSSR count). The van der Waals surface area contributed by atoms with Crippen molar-refractivity contribution in [3.05, 3.63) is 23.8 Å². The van der Waals surface area contributed by atoms with E-state index in [0.29, 0.717) is 0 Å². The van der Waals surface area contributed by atoms with Crippen LogP contribution >= 0.6 is 0 Å². The van der Waals surface area contributed by atoms with Crippen LogP contribution in [0.15, 0.2) is 23.8 Å². The van der Waals surface area contributed by atoms with E-state index in [4.69, 9.17) is 0 Å². The zero-order valence-electron chi connectivity index (χ0n) is 6.65. The fraction of sp³-hybridized carbons (Fsp3) is 0.556. The summed E-state index contributed by atoms with van der Waals surface area (Å²) in [6.07, 6.45) is 9.13. The molecule has 0 N–H and O–H groups in total. The largest absolute Gasteiger partial charge is 0.142 e. The Morgan fingerprint density at radius 3 is 2.40 bits per heavy atom. The molecule has 0 bridgehead atoms. The highest BCUT2D eigenvalue weighted by atomic mass is 32.1. The van der Waals surface area contributed by atoms with E-state index < -0.39 is 0 Å². The second-order valence-electron chi connectivity index (χ2n) is 3.26. The van der Waals surface area contributed by atoms with Gasteiger partial charge in [0.05, 0.1) is 0 Å². The lowest BCUT2D eigenvalue weighted by Gasteiger charge is -2.15. The van der Waals surface area contributed by atoms with Crippen molar-refractivity contribution in [2.75, 3.05) is 0 Å². The highest BCUT2D eigenvalue weighted by Gasteiger charge is 2.22. The molecule has 1 heteroatoms. The molecule has 0 saturated heterocycles. The van der Waals surface area contributed by atoms with Gasteiger partial charge in [-0.2, -0.15) is 0 Å². The molecule has 0 aliphatic heterocycles. The molecule has 0 spiro atoms. The van der Waals surface area contributed by atoms with Crippen LogP contribution in [-0.2, 0) is 12.6 Å². The molecule has 0 atom stereocenters. The van der Waals surface area contributed by atoms with Crippen LogP contribution in [0.4, 0.5) is 0 Å². The van der Waals surface area contributed by atoms with Gasteiger partial charge in [-0.05, 0) is 39.3 Å². The second kappa shape index (κ2) is 2.83. The summed E-state index contributed by atoms with van der Waals surface area (Å²) in [7, 11) is 0. The van der Waals surface area contributed by atoms with Gasteiger partial charge in [0, 0.05) is 5.57 Å². The van der Waals surface area contributed by atoms with Crippen LogP contribution < -0.4 is 0 Å². The summed E-state index contributed by atoms with van der Waals surface area (Å²) in [6.45, 7) is 4.34. The molecular formula is C9H15S+. The first-order valence-corrected chi connectivity index (χ1v) is 4.23. The van der Waals surface area contributed by atoms with Crippen LogP contribution in [0.3, 0.4) is 0 Å². The van der Waals surface area contributed by atoms with Gasteiger partial charge in [0.2, 0.25) is 0 Å². The Morgan fingerprint density at radius 2 is 2.10 bits per heavy atom. The van der Waals surface area contributed by atoms with Crippen molar-refractivity contribution in [1.29, 1.82) is 0 Å². The van der Waals surface area contributed by atoms with E-state index in [9.17, 15) is 0 Å². The van der Waals surface area contributed by atoms with Crippen LogP contribution in [0.1, 0.15) is 26.7 Å². The van der Waals surface area contributed by atoms with Gasteiger partial charge in [-0.3, -0.25) is 0 Å². The Kier molecular flexibility index (Phi) is 2.24. The summed E-state index contributed by atoms with van der Waals surface area (Å²) in [5, 5.41) is 0. The van der Waals surface area contributed by atoms with Gasteiger partial charge >= 0.3 is 0 Å². The minimum absolute atomic E-state index is 0.150. The second-order valence-corrected chi connectivity index (χ2v) is 4.51. The molecule has 0 aromatic rings. The molecule has 0 fully saturated rings. The van der Waals surface area contributed by atoms with Gasteiger partial charge in [-0.15, -0.1) is 0 Å². The van der Waals surface area contributed by atoms with Crippen molar-refractivity contribution in [1.82, 2.24) is 0 Å². The van der Waals surface area contributed by atoms with Crippen LogP contribution in [-0.4, -0.2) is 4.75 Å². The van der Waals surface area contributed by atoms with Crippen molar-refractivity contribution in [2.24, 2.45) is 0 Å². The number of rotatable bonds is 1. The van der Waals surface area contributed by atoms with E-state index in [2.05, 4.69) is 44.7 Å². The third-order valence-corrected chi connectivity index (χ3v) is 2.01. The van der Waals surface area contributed by atoms with Crippen molar-refractivity contribution in [2.45, 2.75) is 31.4 Å². The molecule has 0 radical (unpaired) electrons. The molecule has 0 unspecified atom stereocenters. The van der Waals surface area contributed by atoms with E-state index >= 15 is 0 Å². The monoisotopic (exact) mass is 155 g/mol. The van der Waals surface area contributed by atoms with Gasteiger partial charge in [0.25, 0.3) is 0 Å². The molecule has 0 nitrogen and oxygen atoms in total. The minimum Gasteiger partial charge on any atom is -0.0838 e. The average molecular weight is 155 g/mol. The summed E-state index contributed by atoms with van der Waals surface area (Å²) >= 11 is 3.67. The number of allylic oxidation sites excluding steroid dienone is 3. The topological polar surface area (TPSA) is 0 Å². The predicted molar refractivity (Wildman–Crippen MR) is 50.7 cm³/mol. The van der Waals surface area contributed by atoms with Gasteiger partial charge in [0.1, 0.15) is 4.75 Å². The molecule has 0 aromatic carbocycles. The van der Waals surface area contributed by atoms with E-state index in [1.54, 1.807) is 0 Å². The van der Waals surface area contributed by atoms with E-state index in [1.165, 1.54) is 18.4 Å². The molecule has 0 amide bonds. The Hall–Kier alpha value is -0.170. The van der Waals surface area contributed by atoms with E-state index in [0.717, 1.165) is 0 Å². The lowest BCUT2D eigenvalue weighted by molar-refractivity contribution is 0.837. The van der Waals surface area contributed by atoms with Gasteiger partial charge in [-0.25, -0.2) is 0 Å². The van der Waals surface area contributed by atoms with Crippen LogP contribution in [0.5, 0.6) is 0 Å². The maximum Gasteiger partial charge on any atom is 0.142 e.